The van der Waals surface area contributed by atoms with Crippen LogP contribution in [0.25, 0.3) is 11.2 Å². The molecule has 0 radical (unpaired) electrons. The average Bonchev–Trinajstić information content (AvgIpc) is 3.59. The Hall–Kier alpha value is -4.26. The highest BCUT2D eigenvalue weighted by molar-refractivity contribution is 5.69. The van der Waals surface area contributed by atoms with Crippen LogP contribution in [0.3, 0.4) is 0 Å². The standard InChI is InChI=1S/C22H20FN5O9/c1-4-22(8-29)14(30)5-15(37-22)28-9-25-16-17(24-6-12-10(2)33-20(31)35-12)27(19(23)26-18(16)28)7-13-11(3)34-21(32)36-13/h1,9,14-15,29-30H,5-8H2,2-3H3/t14-,15+,22+/m0/s1. The van der Waals surface area contributed by atoms with Gasteiger partial charge in [0.2, 0.25) is 0 Å². The predicted molar refractivity (Wildman–Crippen MR) is 117 cm³/mol. The molecule has 0 saturated carbocycles. The largest absolute Gasteiger partial charge is 0.519 e. The highest BCUT2D eigenvalue weighted by Gasteiger charge is 2.47. The van der Waals surface area contributed by atoms with E-state index in [2.05, 4.69) is 20.9 Å². The first-order chi connectivity index (χ1) is 17.7. The van der Waals surface area contributed by atoms with Crippen LogP contribution in [0.1, 0.15) is 35.7 Å². The third kappa shape index (κ3) is 4.10. The van der Waals surface area contributed by atoms with E-state index < -0.39 is 42.3 Å². The summed E-state index contributed by atoms with van der Waals surface area (Å²) in [6, 6.07) is 0. The van der Waals surface area contributed by atoms with Gasteiger partial charge in [-0.1, -0.05) is 5.92 Å². The number of ether oxygens (including phenoxy) is 1. The van der Waals surface area contributed by atoms with Gasteiger partial charge in [0.15, 0.2) is 33.8 Å². The predicted octanol–water partition coefficient (Wildman–Crippen LogP) is -0.126. The summed E-state index contributed by atoms with van der Waals surface area (Å²) >= 11 is 0. The molecule has 0 bridgehead atoms. The maximum atomic E-state index is 15.5. The molecule has 3 atom stereocenters. The van der Waals surface area contributed by atoms with Crippen molar-refractivity contribution in [1.29, 1.82) is 0 Å². The van der Waals surface area contributed by atoms with E-state index in [4.69, 9.17) is 28.8 Å². The van der Waals surface area contributed by atoms with Crippen LogP contribution in [0, 0.1) is 32.3 Å². The third-order valence-electron chi connectivity index (χ3n) is 6.10. The van der Waals surface area contributed by atoms with Crippen molar-refractivity contribution in [3.63, 3.8) is 0 Å². The fourth-order valence-electron chi connectivity index (χ4n) is 4.06. The van der Waals surface area contributed by atoms with Gasteiger partial charge in [0.25, 0.3) is 6.08 Å². The molecule has 5 heterocycles. The number of terminal acetylenes is 1. The van der Waals surface area contributed by atoms with Crippen molar-refractivity contribution in [2.45, 2.75) is 51.3 Å². The van der Waals surface area contributed by atoms with Crippen LogP contribution < -0.4 is 17.1 Å². The van der Waals surface area contributed by atoms with E-state index in [1.165, 1.54) is 24.7 Å². The maximum absolute atomic E-state index is 15.5. The number of rotatable bonds is 6. The van der Waals surface area contributed by atoms with E-state index in [0.29, 0.717) is 0 Å². The molecule has 4 aromatic heterocycles. The van der Waals surface area contributed by atoms with Crippen LogP contribution in [0.5, 0.6) is 0 Å². The molecule has 0 spiro atoms. The number of hydrogen-bond acceptors (Lipinski definition) is 12. The lowest BCUT2D eigenvalue weighted by Crippen LogP contribution is -2.41. The van der Waals surface area contributed by atoms with Gasteiger partial charge in [-0.25, -0.2) is 14.6 Å². The molecular formula is C22H20FN5O9. The number of aliphatic hydroxyl groups excluding tert-OH is 2. The molecule has 4 aromatic rings. The first-order valence-corrected chi connectivity index (χ1v) is 10.9. The van der Waals surface area contributed by atoms with Gasteiger partial charge in [0.1, 0.15) is 30.4 Å². The second kappa shape index (κ2) is 9.00. The lowest BCUT2D eigenvalue weighted by atomic mass is 9.99. The van der Waals surface area contributed by atoms with Crippen molar-refractivity contribution in [2.24, 2.45) is 4.99 Å². The van der Waals surface area contributed by atoms with Crippen LogP contribution in [0.4, 0.5) is 4.39 Å². The Morgan fingerprint density at radius 3 is 2.46 bits per heavy atom. The Morgan fingerprint density at radius 2 is 1.89 bits per heavy atom. The molecule has 5 rings (SSSR count). The molecule has 14 nitrogen and oxygen atoms in total. The zero-order valence-electron chi connectivity index (χ0n) is 19.5. The van der Waals surface area contributed by atoms with Crippen LogP contribution in [-0.2, 0) is 17.8 Å². The van der Waals surface area contributed by atoms with Gasteiger partial charge < -0.3 is 32.6 Å². The Labute approximate surface area is 205 Å². The third-order valence-corrected chi connectivity index (χ3v) is 6.10. The minimum atomic E-state index is -1.64. The summed E-state index contributed by atoms with van der Waals surface area (Å²) in [7, 11) is 0. The van der Waals surface area contributed by atoms with Gasteiger partial charge >= 0.3 is 11.6 Å². The normalized spacial score (nSPS) is 22.2. The highest BCUT2D eigenvalue weighted by atomic mass is 19.1. The zero-order valence-corrected chi connectivity index (χ0v) is 19.5. The molecule has 0 aliphatic carbocycles. The van der Waals surface area contributed by atoms with Gasteiger partial charge in [0, 0.05) is 6.42 Å². The highest BCUT2D eigenvalue weighted by Crippen LogP contribution is 2.37. The summed E-state index contributed by atoms with van der Waals surface area (Å²) in [5, 5.41) is 20.1. The molecule has 37 heavy (non-hydrogen) atoms. The molecule has 1 aliphatic heterocycles. The minimum absolute atomic E-state index is 0.00815. The first-order valence-electron chi connectivity index (χ1n) is 10.9. The van der Waals surface area contributed by atoms with Crippen LogP contribution in [0.2, 0.25) is 0 Å². The molecule has 1 aliphatic rings. The Kier molecular flexibility index (Phi) is 5.94. The number of imidazole rings is 1. The molecule has 1 fully saturated rings. The molecule has 0 amide bonds. The van der Waals surface area contributed by atoms with Gasteiger partial charge in [-0.15, -0.1) is 6.42 Å². The van der Waals surface area contributed by atoms with Gasteiger partial charge in [-0.05, 0) is 13.8 Å². The zero-order chi connectivity index (χ0) is 26.5. The number of aliphatic hydroxyl groups is 2. The van der Waals surface area contributed by atoms with E-state index in [9.17, 15) is 19.8 Å². The molecule has 0 aromatic carbocycles. The van der Waals surface area contributed by atoms with Gasteiger partial charge in [-0.2, -0.15) is 9.37 Å². The number of halogens is 1. The lowest BCUT2D eigenvalue weighted by Gasteiger charge is -2.23. The fourth-order valence-corrected chi connectivity index (χ4v) is 4.06. The number of nitrogens with zero attached hydrogens (tertiary/aromatic N) is 5. The van der Waals surface area contributed by atoms with Crippen molar-refractivity contribution in [3.8, 4) is 12.3 Å². The van der Waals surface area contributed by atoms with E-state index >= 15 is 4.39 Å². The molecule has 15 heteroatoms. The molecular weight excluding hydrogens is 497 g/mol. The Balaban J connectivity index is 1.66. The maximum Gasteiger partial charge on any atom is 0.519 e. The van der Waals surface area contributed by atoms with Crippen molar-refractivity contribution >= 4 is 11.2 Å². The van der Waals surface area contributed by atoms with Gasteiger partial charge in [0.05, 0.1) is 19.5 Å². The summed E-state index contributed by atoms with van der Waals surface area (Å²) in [6.07, 6.45) is 3.57. The summed E-state index contributed by atoms with van der Waals surface area (Å²) in [5.74, 6) is 0.850. The monoisotopic (exact) mass is 517 g/mol. The van der Waals surface area contributed by atoms with Crippen LogP contribution >= 0.6 is 0 Å². The summed E-state index contributed by atoms with van der Waals surface area (Å²) in [5.41, 5.74) is -1.59. The Morgan fingerprint density at radius 1 is 1.22 bits per heavy atom. The van der Waals surface area contributed by atoms with Crippen molar-refractivity contribution in [3.05, 3.63) is 62.2 Å². The summed E-state index contributed by atoms with van der Waals surface area (Å²) < 4.78 is 43.2. The van der Waals surface area contributed by atoms with E-state index in [0.717, 1.165) is 4.57 Å². The van der Waals surface area contributed by atoms with Crippen molar-refractivity contribution in [1.82, 2.24) is 19.1 Å². The molecule has 1 saturated heterocycles. The van der Waals surface area contributed by atoms with E-state index in [1.54, 1.807) is 0 Å². The van der Waals surface area contributed by atoms with Gasteiger partial charge in [-0.3, -0.25) is 14.1 Å². The second-order valence-corrected chi connectivity index (χ2v) is 8.31. The van der Waals surface area contributed by atoms with Crippen LogP contribution in [0.15, 0.2) is 38.6 Å². The summed E-state index contributed by atoms with van der Waals surface area (Å²) in [4.78, 5) is 35.6. The first kappa shape index (κ1) is 24.4. The Bertz CT molecular complexity index is 1710. The average molecular weight is 517 g/mol. The number of aromatic nitrogens is 4. The molecule has 2 N–H and O–H groups in total. The van der Waals surface area contributed by atoms with E-state index in [1.807, 2.05) is 0 Å². The lowest BCUT2D eigenvalue weighted by molar-refractivity contribution is -0.0892. The summed E-state index contributed by atoms with van der Waals surface area (Å²) in [6.45, 7) is 1.80. The quantitative estimate of drug-likeness (QED) is 0.257. The smallest absolute Gasteiger partial charge is 0.396 e. The minimum Gasteiger partial charge on any atom is -0.396 e. The SMILES string of the molecule is C#C[C@]1(CO)O[C@@H](n2cnc3c(=NCc4oc(=O)oc4C)n(Cc4oc(=O)oc4C)c(F)nc32)C[C@@H]1O. The van der Waals surface area contributed by atoms with Crippen LogP contribution in [-0.4, -0.2) is 47.6 Å². The molecule has 0 unspecified atom stereocenters. The fraction of sp³-hybridized carbons (Fsp3) is 0.409. The molecule has 194 valence electrons. The second-order valence-electron chi connectivity index (χ2n) is 8.31. The van der Waals surface area contributed by atoms with E-state index in [-0.39, 0.29) is 59.2 Å². The number of aryl methyl sites for hydroxylation is 2. The van der Waals surface area contributed by atoms with Crippen molar-refractivity contribution in [2.75, 3.05) is 6.61 Å². The number of hydrogen-bond donors (Lipinski definition) is 2. The number of fused-ring (bicyclic) bond motifs is 1. The van der Waals surface area contributed by atoms with Crippen molar-refractivity contribution < 1.29 is 37.0 Å². The topological polar surface area (TPSA) is 184 Å².